The van der Waals surface area contributed by atoms with E-state index in [1.54, 1.807) is 12.1 Å². The molecule has 4 rings (SSSR count). The maximum Gasteiger partial charge on any atom is 0.262 e. The van der Waals surface area contributed by atoms with Crippen LogP contribution >= 0.6 is 0 Å². The maximum absolute atomic E-state index is 12.7. The Morgan fingerprint density at radius 3 is 2.41 bits per heavy atom. The van der Waals surface area contributed by atoms with Gasteiger partial charge < -0.3 is 10.1 Å². The first-order valence-corrected chi connectivity index (χ1v) is 12.7. The number of benzene rings is 3. The van der Waals surface area contributed by atoms with Crippen molar-refractivity contribution in [1.29, 1.82) is 0 Å². The van der Waals surface area contributed by atoms with E-state index >= 15 is 0 Å². The van der Waals surface area contributed by atoms with Gasteiger partial charge in [-0.1, -0.05) is 55.0 Å². The number of hydrogen-bond acceptors (Lipinski definition) is 5. The van der Waals surface area contributed by atoms with Gasteiger partial charge in [-0.05, 0) is 48.7 Å². The number of carbonyl (C=O) groups is 1. The lowest BCUT2D eigenvalue weighted by atomic mass is 10.1. The van der Waals surface area contributed by atoms with Crippen LogP contribution in [0.15, 0.2) is 88.8 Å². The van der Waals surface area contributed by atoms with E-state index in [4.69, 9.17) is 4.74 Å². The molecule has 1 amide bonds. The minimum atomic E-state index is -3.72. The molecular weight excluding hydrogens is 450 g/mol. The van der Waals surface area contributed by atoms with Crippen molar-refractivity contribution in [2.24, 2.45) is 4.99 Å². The summed E-state index contributed by atoms with van der Waals surface area (Å²) in [6.07, 6.45) is 3.57. The number of rotatable bonds is 7. The lowest BCUT2D eigenvalue weighted by molar-refractivity contribution is -0.118. The quantitative estimate of drug-likeness (QED) is 0.519. The molecule has 3 aromatic carbocycles. The van der Waals surface area contributed by atoms with Gasteiger partial charge in [0, 0.05) is 24.2 Å². The molecule has 0 bridgehead atoms. The van der Waals surface area contributed by atoms with Crippen LogP contribution in [-0.2, 0) is 14.8 Å². The summed E-state index contributed by atoms with van der Waals surface area (Å²) < 4.78 is 33.7. The highest BCUT2D eigenvalue weighted by atomic mass is 32.2. The molecule has 1 aliphatic heterocycles. The standard InChI is InChI=1S/C26H27N3O4S/c30-26(19-33-24-12-7-6-11-23(24)20-9-3-1-4-10-20)28-21-14-16-22(17-15-21)34(31,32)29-25-13-5-2-8-18-27-25/h1,3-4,6-7,9-12,14-17H,2,5,8,13,18-19H2,(H,27,29)(H,28,30). The Morgan fingerprint density at radius 1 is 0.882 bits per heavy atom. The van der Waals surface area contributed by atoms with Crippen molar-refractivity contribution in [2.45, 2.75) is 30.6 Å². The second kappa shape index (κ2) is 11.0. The summed E-state index contributed by atoms with van der Waals surface area (Å²) in [4.78, 5) is 16.9. The largest absolute Gasteiger partial charge is 0.483 e. The van der Waals surface area contributed by atoms with E-state index in [9.17, 15) is 13.2 Å². The van der Waals surface area contributed by atoms with Gasteiger partial charge in [0.2, 0.25) is 0 Å². The van der Waals surface area contributed by atoms with Crippen LogP contribution < -0.4 is 14.8 Å². The van der Waals surface area contributed by atoms with Crippen molar-refractivity contribution in [3.63, 3.8) is 0 Å². The molecule has 0 radical (unpaired) electrons. The van der Waals surface area contributed by atoms with Gasteiger partial charge in [0.05, 0.1) is 4.90 Å². The van der Waals surface area contributed by atoms with Gasteiger partial charge in [0.25, 0.3) is 15.9 Å². The second-order valence-corrected chi connectivity index (χ2v) is 9.65. The fraction of sp³-hybridized carbons (Fsp3) is 0.231. The molecule has 34 heavy (non-hydrogen) atoms. The fourth-order valence-electron chi connectivity index (χ4n) is 3.68. The Bertz CT molecular complexity index is 1260. The zero-order chi connectivity index (χ0) is 23.8. The van der Waals surface area contributed by atoms with Gasteiger partial charge in [-0.3, -0.25) is 14.5 Å². The normalized spacial score (nSPS) is 13.9. The Labute approximate surface area is 199 Å². The maximum atomic E-state index is 12.7. The number of ether oxygens (including phenoxy) is 1. The average molecular weight is 478 g/mol. The van der Waals surface area contributed by atoms with Crippen molar-refractivity contribution in [3.05, 3.63) is 78.9 Å². The number of amides is 1. The first-order valence-electron chi connectivity index (χ1n) is 11.2. The van der Waals surface area contributed by atoms with Crippen LogP contribution in [-0.4, -0.2) is 33.3 Å². The highest BCUT2D eigenvalue weighted by Gasteiger charge is 2.17. The van der Waals surface area contributed by atoms with Gasteiger partial charge in [0.1, 0.15) is 11.6 Å². The molecule has 2 N–H and O–H groups in total. The number of nitrogens with zero attached hydrogens (tertiary/aromatic N) is 1. The lowest BCUT2D eigenvalue weighted by Gasteiger charge is -2.12. The topological polar surface area (TPSA) is 96.9 Å². The molecule has 1 heterocycles. The van der Waals surface area contributed by atoms with E-state index in [1.165, 1.54) is 12.1 Å². The molecule has 0 aromatic heterocycles. The Balaban J connectivity index is 1.35. The van der Waals surface area contributed by atoms with Crippen LogP contribution in [0.4, 0.5) is 5.69 Å². The van der Waals surface area contributed by atoms with Gasteiger partial charge >= 0.3 is 0 Å². The summed E-state index contributed by atoms with van der Waals surface area (Å²) in [6.45, 7) is 0.464. The number of anilines is 1. The third-order valence-electron chi connectivity index (χ3n) is 5.41. The molecule has 0 aliphatic carbocycles. The lowest BCUT2D eigenvalue weighted by Crippen LogP contribution is -2.30. The van der Waals surface area contributed by atoms with Crippen molar-refractivity contribution < 1.29 is 17.9 Å². The zero-order valence-corrected chi connectivity index (χ0v) is 19.6. The predicted octanol–water partition coefficient (Wildman–Crippen LogP) is 4.62. The van der Waals surface area contributed by atoms with Crippen LogP contribution in [0.3, 0.4) is 0 Å². The molecule has 3 aromatic rings. The van der Waals surface area contributed by atoms with E-state index in [2.05, 4.69) is 15.0 Å². The summed E-state index contributed by atoms with van der Waals surface area (Å²) in [5.41, 5.74) is 2.38. The summed E-state index contributed by atoms with van der Waals surface area (Å²) in [6, 6.07) is 23.4. The summed E-state index contributed by atoms with van der Waals surface area (Å²) in [5.74, 6) is 0.769. The van der Waals surface area contributed by atoms with Crippen molar-refractivity contribution >= 4 is 27.5 Å². The molecule has 0 unspecified atom stereocenters. The van der Waals surface area contributed by atoms with E-state index in [0.717, 1.165) is 30.4 Å². The number of hydrogen-bond donors (Lipinski definition) is 2. The van der Waals surface area contributed by atoms with E-state index in [1.807, 2.05) is 54.6 Å². The smallest absolute Gasteiger partial charge is 0.262 e. The van der Waals surface area contributed by atoms with Crippen LogP contribution in [0.2, 0.25) is 0 Å². The number of para-hydroxylation sites is 1. The molecule has 8 heteroatoms. The zero-order valence-electron chi connectivity index (χ0n) is 18.7. The second-order valence-electron chi connectivity index (χ2n) is 7.97. The molecule has 0 atom stereocenters. The van der Waals surface area contributed by atoms with Crippen molar-refractivity contribution in [1.82, 2.24) is 4.72 Å². The Kier molecular flexibility index (Phi) is 7.59. The van der Waals surface area contributed by atoms with Crippen LogP contribution in [0.25, 0.3) is 11.1 Å². The van der Waals surface area contributed by atoms with Gasteiger partial charge in [0.15, 0.2) is 6.61 Å². The minimum absolute atomic E-state index is 0.116. The number of amidine groups is 1. The van der Waals surface area contributed by atoms with Gasteiger partial charge in [-0.15, -0.1) is 0 Å². The van der Waals surface area contributed by atoms with Gasteiger partial charge in [-0.2, -0.15) is 0 Å². The van der Waals surface area contributed by atoms with Crippen LogP contribution in [0.5, 0.6) is 5.75 Å². The first-order chi connectivity index (χ1) is 16.5. The molecule has 0 spiro atoms. The molecular formula is C26H27N3O4S. The molecule has 176 valence electrons. The SMILES string of the molecule is O=C(COc1ccccc1-c1ccccc1)Nc1ccc(S(=O)(=O)NC2=NCCCCC2)cc1. The molecule has 7 nitrogen and oxygen atoms in total. The summed E-state index contributed by atoms with van der Waals surface area (Å²) in [5, 5.41) is 2.74. The molecule has 0 saturated heterocycles. The number of aliphatic imine (C=N–C) groups is 1. The monoisotopic (exact) mass is 477 g/mol. The highest BCUT2D eigenvalue weighted by Crippen LogP contribution is 2.29. The van der Waals surface area contributed by atoms with Crippen molar-refractivity contribution in [2.75, 3.05) is 18.5 Å². The van der Waals surface area contributed by atoms with Gasteiger partial charge in [-0.25, -0.2) is 8.42 Å². The Morgan fingerprint density at radius 2 is 1.62 bits per heavy atom. The number of carbonyl (C=O) groups excluding carboxylic acids is 1. The average Bonchev–Trinajstić information content (AvgIpc) is 3.12. The third kappa shape index (κ3) is 6.23. The number of sulfonamides is 1. The van der Waals surface area contributed by atoms with Crippen molar-refractivity contribution in [3.8, 4) is 16.9 Å². The predicted molar refractivity (Wildman–Crippen MR) is 134 cm³/mol. The molecule has 1 aliphatic rings. The Hall–Kier alpha value is -3.65. The fourth-order valence-corrected chi connectivity index (χ4v) is 4.77. The van der Waals surface area contributed by atoms with Crippen LogP contribution in [0.1, 0.15) is 25.7 Å². The summed E-state index contributed by atoms with van der Waals surface area (Å²) in [7, 11) is -3.72. The number of nitrogens with one attached hydrogen (secondary N) is 2. The summed E-state index contributed by atoms with van der Waals surface area (Å²) >= 11 is 0. The van der Waals surface area contributed by atoms with Crippen LogP contribution in [0, 0.1) is 0 Å². The minimum Gasteiger partial charge on any atom is -0.483 e. The molecule has 0 fully saturated rings. The van der Waals surface area contributed by atoms with E-state index < -0.39 is 10.0 Å². The highest BCUT2D eigenvalue weighted by molar-refractivity contribution is 7.90. The van der Waals surface area contributed by atoms with E-state index in [0.29, 0.717) is 30.2 Å². The van der Waals surface area contributed by atoms with E-state index in [-0.39, 0.29) is 17.4 Å². The first kappa shape index (κ1) is 23.5. The molecule has 0 saturated carbocycles. The third-order valence-corrected chi connectivity index (χ3v) is 6.80.